The second kappa shape index (κ2) is 10.5. The molecule has 0 saturated carbocycles. The average molecular weight is 540 g/mol. The van der Waals surface area contributed by atoms with E-state index in [4.69, 9.17) is 11.6 Å². The van der Waals surface area contributed by atoms with Crippen LogP contribution in [0.15, 0.2) is 76.1 Å². The van der Waals surface area contributed by atoms with E-state index >= 15 is 0 Å². The largest absolute Gasteiger partial charge is 0.325 e. The van der Waals surface area contributed by atoms with Gasteiger partial charge in [0, 0.05) is 20.9 Å². The minimum absolute atomic E-state index is 0.0909. The normalized spacial score (nSPS) is 11.2. The van der Waals surface area contributed by atoms with Crippen LogP contribution in [0.3, 0.4) is 0 Å². The van der Waals surface area contributed by atoms with E-state index < -0.39 is 10.0 Å². The van der Waals surface area contributed by atoms with E-state index in [2.05, 4.69) is 26.0 Å². The fourth-order valence-corrected chi connectivity index (χ4v) is 5.44. The number of rotatable bonds is 8. The molecule has 0 aliphatic heterocycles. The zero-order chi connectivity index (χ0) is 22.4. The maximum atomic E-state index is 12.7. The van der Waals surface area contributed by atoms with Crippen LogP contribution >= 0.6 is 39.3 Å². The molecule has 0 atom stereocenters. The van der Waals surface area contributed by atoms with Gasteiger partial charge in [-0.1, -0.05) is 51.8 Å². The third-order valence-electron chi connectivity index (χ3n) is 4.41. The van der Waals surface area contributed by atoms with E-state index in [0.717, 1.165) is 10.0 Å². The second-order valence-electron chi connectivity index (χ2n) is 6.67. The molecule has 0 unspecified atom stereocenters. The van der Waals surface area contributed by atoms with Gasteiger partial charge in [-0.15, -0.1) is 11.8 Å². The Morgan fingerprint density at radius 2 is 1.74 bits per heavy atom. The molecule has 0 spiro atoms. The van der Waals surface area contributed by atoms with Gasteiger partial charge in [-0.25, -0.2) is 8.42 Å². The smallest absolute Gasteiger partial charge is 0.261 e. The van der Waals surface area contributed by atoms with Crippen molar-refractivity contribution in [1.29, 1.82) is 0 Å². The maximum absolute atomic E-state index is 12.7. The summed E-state index contributed by atoms with van der Waals surface area (Å²) in [6.45, 7) is 1.74. The maximum Gasteiger partial charge on any atom is 0.261 e. The molecule has 9 heteroatoms. The lowest BCUT2D eigenvalue weighted by Crippen LogP contribution is -2.15. The molecule has 0 heterocycles. The molecule has 31 heavy (non-hydrogen) atoms. The Morgan fingerprint density at radius 3 is 2.45 bits per heavy atom. The molecular weight excluding hydrogens is 520 g/mol. The van der Waals surface area contributed by atoms with Gasteiger partial charge in [0.15, 0.2) is 0 Å². The molecule has 2 N–H and O–H groups in total. The standard InChI is InChI=1S/C22H20BrClN2O3S2/c1-15-20(24)7-4-8-21(15)26-31(28,29)18-11-9-17(10-12-18)25-22(27)14-30-13-16-5-2-3-6-19(16)23/h2-12,26H,13-14H2,1H3,(H,25,27). The summed E-state index contributed by atoms with van der Waals surface area (Å²) in [6.07, 6.45) is 0. The minimum atomic E-state index is -3.78. The monoisotopic (exact) mass is 538 g/mol. The number of thioether (sulfide) groups is 1. The van der Waals surface area contributed by atoms with Crippen molar-refractivity contribution in [2.75, 3.05) is 15.8 Å². The summed E-state index contributed by atoms with van der Waals surface area (Å²) in [5, 5.41) is 3.27. The van der Waals surface area contributed by atoms with E-state index in [1.54, 1.807) is 37.3 Å². The summed E-state index contributed by atoms with van der Waals surface area (Å²) in [6, 6.07) is 18.9. The number of hydrogen-bond donors (Lipinski definition) is 2. The Balaban J connectivity index is 1.57. The topological polar surface area (TPSA) is 75.3 Å². The molecule has 0 fully saturated rings. The van der Waals surface area contributed by atoms with Gasteiger partial charge in [0.2, 0.25) is 5.91 Å². The Bertz CT molecular complexity index is 1190. The van der Waals surface area contributed by atoms with Crippen LogP contribution < -0.4 is 10.0 Å². The van der Waals surface area contributed by atoms with Gasteiger partial charge in [0.05, 0.1) is 16.3 Å². The SMILES string of the molecule is Cc1c(Cl)cccc1NS(=O)(=O)c1ccc(NC(=O)CSCc2ccccc2Br)cc1. The highest BCUT2D eigenvalue weighted by Crippen LogP contribution is 2.26. The third kappa shape index (κ3) is 6.49. The van der Waals surface area contributed by atoms with Crippen molar-refractivity contribution in [1.82, 2.24) is 0 Å². The minimum Gasteiger partial charge on any atom is -0.325 e. The number of carbonyl (C=O) groups is 1. The predicted octanol–water partition coefficient (Wildman–Crippen LogP) is 6.08. The molecule has 0 saturated heterocycles. The highest BCUT2D eigenvalue weighted by atomic mass is 79.9. The van der Waals surface area contributed by atoms with Gasteiger partial charge >= 0.3 is 0 Å². The van der Waals surface area contributed by atoms with E-state index in [1.807, 2.05) is 24.3 Å². The Hall–Kier alpha value is -2.00. The first kappa shape index (κ1) is 23.7. The van der Waals surface area contributed by atoms with Crippen LogP contribution in [0, 0.1) is 6.92 Å². The molecule has 0 radical (unpaired) electrons. The Morgan fingerprint density at radius 1 is 1.03 bits per heavy atom. The molecule has 5 nitrogen and oxygen atoms in total. The van der Waals surface area contributed by atoms with Crippen LogP contribution in [0.1, 0.15) is 11.1 Å². The highest BCUT2D eigenvalue weighted by molar-refractivity contribution is 9.10. The van der Waals surface area contributed by atoms with Crippen LogP contribution in [0.2, 0.25) is 5.02 Å². The number of nitrogens with one attached hydrogen (secondary N) is 2. The lowest BCUT2D eigenvalue weighted by atomic mass is 10.2. The van der Waals surface area contributed by atoms with E-state index in [-0.39, 0.29) is 16.6 Å². The molecule has 3 aromatic carbocycles. The average Bonchev–Trinajstić information content (AvgIpc) is 2.73. The van der Waals surface area contributed by atoms with Gasteiger partial charge in [0.1, 0.15) is 0 Å². The summed E-state index contributed by atoms with van der Waals surface area (Å²) in [4.78, 5) is 12.3. The van der Waals surface area contributed by atoms with Crippen molar-refractivity contribution in [3.63, 3.8) is 0 Å². The van der Waals surface area contributed by atoms with Gasteiger partial charge in [-0.3, -0.25) is 9.52 Å². The Labute approximate surface area is 199 Å². The molecule has 0 aliphatic rings. The number of anilines is 2. The zero-order valence-corrected chi connectivity index (χ0v) is 20.5. The zero-order valence-electron chi connectivity index (χ0n) is 16.6. The van der Waals surface area contributed by atoms with Crippen molar-refractivity contribution in [2.45, 2.75) is 17.6 Å². The highest BCUT2D eigenvalue weighted by Gasteiger charge is 2.16. The van der Waals surface area contributed by atoms with Crippen molar-refractivity contribution in [2.24, 2.45) is 0 Å². The van der Waals surface area contributed by atoms with E-state index in [0.29, 0.717) is 27.7 Å². The molecule has 162 valence electrons. The first-order valence-electron chi connectivity index (χ1n) is 9.25. The van der Waals surface area contributed by atoms with Gasteiger partial charge < -0.3 is 5.32 Å². The molecule has 1 amide bonds. The molecule has 0 bridgehead atoms. The summed E-state index contributed by atoms with van der Waals surface area (Å²) in [5.74, 6) is 0.845. The van der Waals surface area contributed by atoms with Crippen LogP contribution in [-0.2, 0) is 20.6 Å². The number of carbonyl (C=O) groups excluding carboxylic acids is 1. The molecular formula is C22H20BrClN2O3S2. The molecule has 3 rings (SSSR count). The summed E-state index contributed by atoms with van der Waals surface area (Å²) >= 11 is 11.1. The lowest BCUT2D eigenvalue weighted by molar-refractivity contribution is -0.113. The van der Waals surface area contributed by atoms with Crippen LogP contribution in [-0.4, -0.2) is 20.1 Å². The summed E-state index contributed by atoms with van der Waals surface area (Å²) in [7, 11) is -3.78. The lowest BCUT2D eigenvalue weighted by Gasteiger charge is -2.12. The third-order valence-corrected chi connectivity index (χ3v) is 7.95. The van der Waals surface area contributed by atoms with Crippen molar-refractivity contribution in [3.8, 4) is 0 Å². The summed E-state index contributed by atoms with van der Waals surface area (Å²) in [5.41, 5.74) is 2.73. The van der Waals surface area contributed by atoms with E-state index in [9.17, 15) is 13.2 Å². The second-order valence-corrected chi connectivity index (χ2v) is 10.6. The fraction of sp³-hybridized carbons (Fsp3) is 0.136. The number of benzene rings is 3. The van der Waals surface area contributed by atoms with Gasteiger partial charge in [-0.05, 0) is 60.5 Å². The first-order chi connectivity index (χ1) is 14.8. The number of sulfonamides is 1. The molecule has 3 aromatic rings. The first-order valence-corrected chi connectivity index (χ1v) is 13.1. The summed E-state index contributed by atoms with van der Waals surface area (Å²) < 4.78 is 28.9. The molecule has 0 aromatic heterocycles. The molecule has 0 aliphatic carbocycles. The van der Waals surface area contributed by atoms with Gasteiger partial charge in [-0.2, -0.15) is 0 Å². The van der Waals surface area contributed by atoms with Crippen molar-refractivity contribution in [3.05, 3.63) is 87.4 Å². The van der Waals surface area contributed by atoms with Crippen LogP contribution in [0.5, 0.6) is 0 Å². The number of hydrogen-bond acceptors (Lipinski definition) is 4. The number of amides is 1. The predicted molar refractivity (Wildman–Crippen MR) is 132 cm³/mol. The van der Waals surface area contributed by atoms with E-state index in [1.165, 1.54) is 23.9 Å². The quantitative estimate of drug-likeness (QED) is 0.364. The van der Waals surface area contributed by atoms with Gasteiger partial charge in [0.25, 0.3) is 10.0 Å². The van der Waals surface area contributed by atoms with Crippen LogP contribution in [0.4, 0.5) is 11.4 Å². The Kier molecular flexibility index (Phi) is 8.05. The number of halogens is 2. The van der Waals surface area contributed by atoms with Crippen molar-refractivity contribution >= 4 is 66.6 Å². The fourth-order valence-electron chi connectivity index (χ4n) is 2.71. The van der Waals surface area contributed by atoms with Crippen molar-refractivity contribution < 1.29 is 13.2 Å². The van der Waals surface area contributed by atoms with Crippen LogP contribution in [0.25, 0.3) is 0 Å².